The smallest absolute Gasteiger partial charge is 0.234 e. The molecule has 4 nitrogen and oxygen atoms in total. The second-order valence-electron chi connectivity index (χ2n) is 7.62. The zero-order valence-electron chi connectivity index (χ0n) is 13.3. The number of fused-ring (bicyclic) bond motifs is 2. The van der Waals surface area contributed by atoms with Gasteiger partial charge in [-0.1, -0.05) is 6.42 Å². The Morgan fingerprint density at radius 2 is 2.19 bits per heavy atom. The molecule has 1 aliphatic heterocycles. The van der Waals surface area contributed by atoms with Crippen molar-refractivity contribution in [2.24, 2.45) is 23.7 Å². The Kier molecular flexibility index (Phi) is 4.85. The maximum absolute atomic E-state index is 12.3. The SMILES string of the molecule is CC(NC(=O)CN1CCCC(CO)C1)C1CC2CCC1C2. The van der Waals surface area contributed by atoms with Gasteiger partial charge in [0.1, 0.15) is 0 Å². The van der Waals surface area contributed by atoms with E-state index in [2.05, 4.69) is 17.1 Å². The fourth-order valence-corrected chi connectivity index (χ4v) is 4.96. The van der Waals surface area contributed by atoms with Crippen LogP contribution in [0.3, 0.4) is 0 Å². The lowest BCUT2D eigenvalue weighted by Gasteiger charge is -2.33. The van der Waals surface area contributed by atoms with Crippen LogP contribution in [-0.2, 0) is 4.79 Å². The van der Waals surface area contributed by atoms with Gasteiger partial charge in [0.25, 0.3) is 0 Å². The summed E-state index contributed by atoms with van der Waals surface area (Å²) in [6.07, 6.45) is 7.70. The fraction of sp³-hybridized carbons (Fsp3) is 0.941. The average molecular weight is 294 g/mol. The molecule has 0 spiro atoms. The summed E-state index contributed by atoms with van der Waals surface area (Å²) in [5.74, 6) is 3.03. The lowest BCUT2D eigenvalue weighted by molar-refractivity contribution is -0.123. The van der Waals surface area contributed by atoms with E-state index in [1.54, 1.807) is 0 Å². The Morgan fingerprint density at radius 1 is 1.33 bits per heavy atom. The number of carbonyl (C=O) groups is 1. The fourth-order valence-electron chi connectivity index (χ4n) is 4.96. The van der Waals surface area contributed by atoms with Gasteiger partial charge in [0.2, 0.25) is 5.91 Å². The Labute approximate surface area is 128 Å². The molecule has 1 saturated heterocycles. The minimum atomic E-state index is 0.170. The third-order valence-corrected chi connectivity index (χ3v) is 6.05. The lowest BCUT2D eigenvalue weighted by atomic mass is 9.84. The van der Waals surface area contributed by atoms with E-state index >= 15 is 0 Å². The number of carbonyl (C=O) groups excluding carboxylic acids is 1. The van der Waals surface area contributed by atoms with E-state index in [1.807, 2.05) is 0 Å². The molecule has 3 fully saturated rings. The molecule has 2 N–H and O–H groups in total. The number of amides is 1. The first-order valence-corrected chi connectivity index (χ1v) is 8.78. The molecule has 5 unspecified atom stereocenters. The zero-order chi connectivity index (χ0) is 14.8. The molecule has 120 valence electrons. The summed E-state index contributed by atoms with van der Waals surface area (Å²) in [5.41, 5.74) is 0. The summed E-state index contributed by atoms with van der Waals surface area (Å²) in [5, 5.41) is 12.5. The van der Waals surface area contributed by atoms with Crippen LogP contribution in [0.2, 0.25) is 0 Å². The van der Waals surface area contributed by atoms with Gasteiger partial charge in [-0.2, -0.15) is 0 Å². The van der Waals surface area contributed by atoms with Gasteiger partial charge in [-0.05, 0) is 69.2 Å². The van der Waals surface area contributed by atoms with Gasteiger partial charge in [0, 0.05) is 19.2 Å². The van der Waals surface area contributed by atoms with Crippen molar-refractivity contribution in [3.05, 3.63) is 0 Å². The van der Waals surface area contributed by atoms with Gasteiger partial charge >= 0.3 is 0 Å². The first kappa shape index (κ1) is 15.3. The maximum Gasteiger partial charge on any atom is 0.234 e. The van der Waals surface area contributed by atoms with Crippen LogP contribution < -0.4 is 5.32 Å². The van der Waals surface area contributed by atoms with Crippen LogP contribution in [0.25, 0.3) is 0 Å². The molecule has 1 amide bonds. The molecular formula is C17H30N2O2. The van der Waals surface area contributed by atoms with Crippen molar-refractivity contribution in [3.63, 3.8) is 0 Å². The van der Waals surface area contributed by atoms with Crippen molar-refractivity contribution < 1.29 is 9.90 Å². The Morgan fingerprint density at radius 3 is 2.86 bits per heavy atom. The largest absolute Gasteiger partial charge is 0.396 e. The quantitative estimate of drug-likeness (QED) is 0.810. The first-order chi connectivity index (χ1) is 10.2. The molecular weight excluding hydrogens is 264 g/mol. The Hall–Kier alpha value is -0.610. The monoisotopic (exact) mass is 294 g/mol. The van der Waals surface area contributed by atoms with Crippen LogP contribution in [0.1, 0.15) is 45.4 Å². The van der Waals surface area contributed by atoms with Crippen LogP contribution in [0, 0.1) is 23.7 Å². The number of aliphatic hydroxyl groups excluding tert-OH is 1. The van der Waals surface area contributed by atoms with Crippen LogP contribution in [0.5, 0.6) is 0 Å². The van der Waals surface area contributed by atoms with E-state index in [-0.39, 0.29) is 12.5 Å². The van der Waals surface area contributed by atoms with E-state index < -0.39 is 0 Å². The second kappa shape index (κ2) is 6.66. The van der Waals surface area contributed by atoms with E-state index in [9.17, 15) is 9.90 Å². The predicted molar refractivity (Wildman–Crippen MR) is 82.8 cm³/mol. The van der Waals surface area contributed by atoms with Crippen LogP contribution >= 0.6 is 0 Å². The first-order valence-electron chi connectivity index (χ1n) is 8.78. The molecule has 4 heteroatoms. The van der Waals surface area contributed by atoms with Gasteiger partial charge in [0.15, 0.2) is 0 Å². The minimum Gasteiger partial charge on any atom is -0.396 e. The molecule has 2 saturated carbocycles. The summed E-state index contributed by atoms with van der Waals surface area (Å²) < 4.78 is 0. The number of rotatable bonds is 5. The molecule has 3 rings (SSSR count). The normalized spacial score (nSPS) is 37.6. The van der Waals surface area contributed by atoms with Crippen molar-refractivity contribution in [1.82, 2.24) is 10.2 Å². The standard InChI is InChI=1S/C17H30N2O2/c1-12(16-8-13-4-5-15(16)7-13)18-17(21)10-19-6-2-3-14(9-19)11-20/h12-16,20H,2-11H2,1H3,(H,18,21). The number of likely N-dealkylation sites (tertiary alicyclic amines) is 1. The Balaban J connectivity index is 1.43. The molecule has 0 aromatic rings. The molecule has 21 heavy (non-hydrogen) atoms. The second-order valence-corrected chi connectivity index (χ2v) is 7.62. The van der Waals surface area contributed by atoms with Crippen molar-refractivity contribution >= 4 is 5.91 Å². The number of piperidine rings is 1. The highest BCUT2D eigenvalue weighted by Gasteiger charge is 2.42. The Bertz CT molecular complexity index is 374. The zero-order valence-corrected chi connectivity index (χ0v) is 13.3. The highest BCUT2D eigenvalue weighted by Crippen LogP contribution is 2.49. The number of nitrogens with zero attached hydrogens (tertiary/aromatic N) is 1. The van der Waals surface area contributed by atoms with Crippen molar-refractivity contribution in [2.45, 2.75) is 51.5 Å². The molecule has 5 atom stereocenters. The summed E-state index contributed by atoms with van der Waals surface area (Å²) >= 11 is 0. The number of nitrogens with one attached hydrogen (secondary N) is 1. The lowest BCUT2D eigenvalue weighted by Crippen LogP contribution is -2.47. The molecule has 2 bridgehead atoms. The average Bonchev–Trinajstić information content (AvgIpc) is 3.10. The van der Waals surface area contributed by atoms with Gasteiger partial charge in [0.05, 0.1) is 6.54 Å². The molecule has 0 radical (unpaired) electrons. The molecule has 2 aliphatic carbocycles. The van der Waals surface area contributed by atoms with Gasteiger partial charge in [-0.3, -0.25) is 9.69 Å². The van der Waals surface area contributed by atoms with E-state index in [0.29, 0.717) is 24.4 Å². The maximum atomic E-state index is 12.3. The predicted octanol–water partition coefficient (Wildman–Crippen LogP) is 1.63. The van der Waals surface area contributed by atoms with Crippen molar-refractivity contribution in [3.8, 4) is 0 Å². The minimum absolute atomic E-state index is 0.170. The molecule has 3 aliphatic rings. The van der Waals surface area contributed by atoms with E-state index in [1.165, 1.54) is 25.7 Å². The van der Waals surface area contributed by atoms with Crippen molar-refractivity contribution in [2.75, 3.05) is 26.2 Å². The third-order valence-electron chi connectivity index (χ3n) is 6.05. The molecule has 0 aromatic carbocycles. The molecule has 0 aromatic heterocycles. The summed E-state index contributed by atoms with van der Waals surface area (Å²) in [4.78, 5) is 14.5. The van der Waals surface area contributed by atoms with Crippen LogP contribution in [-0.4, -0.2) is 48.2 Å². The highest BCUT2D eigenvalue weighted by atomic mass is 16.3. The summed E-state index contributed by atoms with van der Waals surface area (Å²) in [7, 11) is 0. The van der Waals surface area contributed by atoms with Gasteiger partial charge < -0.3 is 10.4 Å². The van der Waals surface area contributed by atoms with Gasteiger partial charge in [-0.15, -0.1) is 0 Å². The number of hydrogen-bond donors (Lipinski definition) is 2. The van der Waals surface area contributed by atoms with E-state index in [4.69, 9.17) is 0 Å². The van der Waals surface area contributed by atoms with E-state index in [0.717, 1.165) is 37.8 Å². The molecule has 1 heterocycles. The van der Waals surface area contributed by atoms with Crippen LogP contribution in [0.15, 0.2) is 0 Å². The number of hydrogen-bond acceptors (Lipinski definition) is 3. The van der Waals surface area contributed by atoms with Crippen LogP contribution in [0.4, 0.5) is 0 Å². The summed E-state index contributed by atoms with van der Waals surface area (Å²) in [6.45, 7) is 4.80. The highest BCUT2D eigenvalue weighted by molar-refractivity contribution is 5.78. The van der Waals surface area contributed by atoms with Crippen molar-refractivity contribution in [1.29, 1.82) is 0 Å². The summed E-state index contributed by atoms with van der Waals surface area (Å²) in [6, 6.07) is 0.325. The third kappa shape index (κ3) is 3.59. The topological polar surface area (TPSA) is 52.6 Å². The number of aliphatic hydroxyl groups is 1. The van der Waals surface area contributed by atoms with Gasteiger partial charge in [-0.25, -0.2) is 0 Å².